The van der Waals surface area contributed by atoms with E-state index >= 15 is 0 Å². The molecule has 3 rings (SSSR count). The number of hydrogen-bond donors (Lipinski definition) is 1. The minimum Gasteiger partial charge on any atom is -0.493 e. The maximum atomic E-state index is 11.4. The highest BCUT2D eigenvalue weighted by atomic mass is 35.5. The van der Waals surface area contributed by atoms with Crippen molar-refractivity contribution in [2.24, 2.45) is 5.92 Å². The number of rotatable bonds is 3. The van der Waals surface area contributed by atoms with Crippen LogP contribution in [0.2, 0.25) is 0 Å². The van der Waals surface area contributed by atoms with Gasteiger partial charge < -0.3 is 14.5 Å². The first kappa shape index (κ1) is 15.9. The number of ether oxygens (including phenoxy) is 1. The molecule has 1 saturated heterocycles. The molecule has 0 aliphatic carbocycles. The van der Waals surface area contributed by atoms with Gasteiger partial charge in [-0.1, -0.05) is 0 Å². The molecule has 114 valence electrons. The fourth-order valence-electron chi connectivity index (χ4n) is 2.66. The summed E-state index contributed by atoms with van der Waals surface area (Å²) >= 11 is 0. The summed E-state index contributed by atoms with van der Waals surface area (Å²) in [5.74, 6) is 1.38. The van der Waals surface area contributed by atoms with E-state index in [1.807, 2.05) is 25.1 Å². The van der Waals surface area contributed by atoms with Gasteiger partial charge in [-0.2, -0.15) is 0 Å². The predicted molar refractivity (Wildman–Crippen MR) is 85.6 cm³/mol. The minimum absolute atomic E-state index is 0. The van der Waals surface area contributed by atoms with Crippen LogP contribution in [0.3, 0.4) is 0 Å². The van der Waals surface area contributed by atoms with Crippen molar-refractivity contribution >= 4 is 23.4 Å². The summed E-state index contributed by atoms with van der Waals surface area (Å²) in [6.07, 6.45) is 2.31. The van der Waals surface area contributed by atoms with E-state index in [4.69, 9.17) is 9.15 Å². The molecule has 21 heavy (non-hydrogen) atoms. The van der Waals surface area contributed by atoms with Gasteiger partial charge >= 0.3 is 5.63 Å². The Morgan fingerprint density at radius 1 is 1.29 bits per heavy atom. The highest BCUT2D eigenvalue weighted by molar-refractivity contribution is 5.85. The molecule has 1 aliphatic heterocycles. The van der Waals surface area contributed by atoms with Crippen LogP contribution >= 0.6 is 12.4 Å². The molecule has 0 unspecified atom stereocenters. The summed E-state index contributed by atoms with van der Waals surface area (Å²) < 4.78 is 11.1. The van der Waals surface area contributed by atoms with Gasteiger partial charge in [-0.15, -0.1) is 12.4 Å². The van der Waals surface area contributed by atoms with Crippen molar-refractivity contribution in [3.8, 4) is 5.75 Å². The molecule has 1 aromatic carbocycles. The number of nitrogens with one attached hydrogen (secondary N) is 1. The lowest BCUT2D eigenvalue weighted by atomic mass is 9.99. The van der Waals surface area contributed by atoms with Gasteiger partial charge in [-0.3, -0.25) is 0 Å². The normalized spacial score (nSPS) is 15.7. The largest absolute Gasteiger partial charge is 0.493 e. The average Bonchev–Trinajstić information content (AvgIpc) is 2.45. The Balaban J connectivity index is 0.00000161. The molecule has 5 heteroatoms. The van der Waals surface area contributed by atoms with Crippen molar-refractivity contribution in [1.82, 2.24) is 5.32 Å². The Kier molecular flexibility index (Phi) is 5.26. The first-order valence-electron chi connectivity index (χ1n) is 7.10. The van der Waals surface area contributed by atoms with E-state index in [1.54, 1.807) is 0 Å². The van der Waals surface area contributed by atoms with Crippen LogP contribution in [0, 0.1) is 12.8 Å². The molecule has 0 saturated carbocycles. The first-order chi connectivity index (χ1) is 9.72. The Hall–Kier alpha value is -1.52. The third kappa shape index (κ3) is 3.77. The van der Waals surface area contributed by atoms with Gasteiger partial charge in [0.1, 0.15) is 11.3 Å². The van der Waals surface area contributed by atoms with Crippen molar-refractivity contribution in [3.63, 3.8) is 0 Å². The number of halogens is 1. The fourth-order valence-corrected chi connectivity index (χ4v) is 2.66. The highest BCUT2D eigenvalue weighted by Crippen LogP contribution is 2.23. The van der Waals surface area contributed by atoms with E-state index in [1.165, 1.54) is 6.07 Å². The van der Waals surface area contributed by atoms with E-state index in [2.05, 4.69) is 5.32 Å². The van der Waals surface area contributed by atoms with Gasteiger partial charge in [0.05, 0.1) is 6.61 Å². The molecule has 1 N–H and O–H groups in total. The molecule has 0 amide bonds. The van der Waals surface area contributed by atoms with Gasteiger partial charge in [0.25, 0.3) is 0 Å². The molecule has 2 heterocycles. The number of piperidine rings is 1. The second-order valence-corrected chi connectivity index (χ2v) is 5.41. The van der Waals surface area contributed by atoms with E-state index in [-0.39, 0.29) is 18.0 Å². The maximum absolute atomic E-state index is 11.4. The average molecular weight is 310 g/mol. The summed E-state index contributed by atoms with van der Waals surface area (Å²) in [4.78, 5) is 11.4. The molecular weight excluding hydrogens is 290 g/mol. The monoisotopic (exact) mass is 309 g/mol. The van der Waals surface area contributed by atoms with E-state index in [0.29, 0.717) is 11.5 Å². The van der Waals surface area contributed by atoms with Crippen LogP contribution < -0.4 is 15.7 Å². The van der Waals surface area contributed by atoms with Crippen molar-refractivity contribution in [1.29, 1.82) is 0 Å². The number of benzene rings is 1. The van der Waals surface area contributed by atoms with Crippen LogP contribution in [0.25, 0.3) is 11.0 Å². The zero-order valence-corrected chi connectivity index (χ0v) is 12.9. The molecule has 1 aromatic heterocycles. The zero-order chi connectivity index (χ0) is 13.9. The van der Waals surface area contributed by atoms with Crippen LogP contribution in [0.15, 0.2) is 33.5 Å². The van der Waals surface area contributed by atoms with Crippen molar-refractivity contribution < 1.29 is 9.15 Å². The standard InChI is InChI=1S/C16H19NO3.ClH/c1-11-8-16(18)20-15-9-13(2-3-14(11)15)19-10-12-4-6-17-7-5-12;/h2-3,8-9,12,17H,4-7,10H2,1H3;1H. The first-order valence-corrected chi connectivity index (χ1v) is 7.10. The Morgan fingerprint density at radius 3 is 2.81 bits per heavy atom. The summed E-state index contributed by atoms with van der Waals surface area (Å²) in [5.41, 5.74) is 1.21. The molecule has 1 aliphatic rings. The number of aryl methyl sites for hydroxylation is 1. The van der Waals surface area contributed by atoms with Gasteiger partial charge in [0.15, 0.2) is 0 Å². The topological polar surface area (TPSA) is 51.5 Å². The summed E-state index contributed by atoms with van der Waals surface area (Å²) in [6, 6.07) is 7.21. The Morgan fingerprint density at radius 2 is 2.05 bits per heavy atom. The SMILES string of the molecule is Cc1cc(=O)oc2cc(OCC3CCNCC3)ccc12.Cl. The molecule has 4 nitrogen and oxygen atoms in total. The fraction of sp³-hybridized carbons (Fsp3) is 0.438. The molecule has 1 fully saturated rings. The van der Waals surface area contributed by atoms with Crippen LogP contribution in [-0.4, -0.2) is 19.7 Å². The van der Waals surface area contributed by atoms with Gasteiger partial charge in [0, 0.05) is 17.5 Å². The third-order valence-electron chi connectivity index (χ3n) is 3.87. The van der Waals surface area contributed by atoms with Gasteiger partial charge in [-0.05, 0) is 56.5 Å². The van der Waals surface area contributed by atoms with Crippen molar-refractivity contribution in [3.05, 3.63) is 40.2 Å². The van der Waals surface area contributed by atoms with Crippen molar-refractivity contribution in [2.75, 3.05) is 19.7 Å². The Bertz CT molecular complexity index is 662. The van der Waals surface area contributed by atoms with Crippen molar-refractivity contribution in [2.45, 2.75) is 19.8 Å². The maximum Gasteiger partial charge on any atom is 0.336 e. The summed E-state index contributed by atoms with van der Waals surface area (Å²) in [5, 5.41) is 4.30. The van der Waals surface area contributed by atoms with Gasteiger partial charge in [-0.25, -0.2) is 4.79 Å². The lowest BCUT2D eigenvalue weighted by Gasteiger charge is -2.22. The minimum atomic E-state index is -0.314. The molecule has 0 bridgehead atoms. The molecular formula is C16H20ClNO3. The van der Waals surface area contributed by atoms with Crippen LogP contribution in [0.5, 0.6) is 5.75 Å². The quantitative estimate of drug-likeness (QED) is 0.886. The molecule has 0 spiro atoms. The number of fused-ring (bicyclic) bond motifs is 1. The Labute approximate surface area is 129 Å². The third-order valence-corrected chi connectivity index (χ3v) is 3.87. The molecule has 2 aromatic rings. The lowest BCUT2D eigenvalue weighted by Crippen LogP contribution is -2.30. The van der Waals surface area contributed by atoms with E-state index in [9.17, 15) is 4.79 Å². The highest BCUT2D eigenvalue weighted by Gasteiger charge is 2.13. The second-order valence-electron chi connectivity index (χ2n) is 5.41. The van der Waals surface area contributed by atoms with Crippen LogP contribution in [0.4, 0.5) is 0 Å². The smallest absolute Gasteiger partial charge is 0.336 e. The molecule has 0 radical (unpaired) electrons. The number of hydrogen-bond acceptors (Lipinski definition) is 4. The predicted octanol–water partition coefficient (Wildman–Crippen LogP) is 2.90. The van der Waals surface area contributed by atoms with Gasteiger partial charge in [0.2, 0.25) is 0 Å². The lowest BCUT2D eigenvalue weighted by molar-refractivity contribution is 0.215. The molecule has 0 atom stereocenters. The van der Waals surface area contributed by atoms with E-state index in [0.717, 1.165) is 49.2 Å². The van der Waals surface area contributed by atoms with Crippen LogP contribution in [0.1, 0.15) is 18.4 Å². The second kappa shape index (κ2) is 6.96. The van der Waals surface area contributed by atoms with Crippen LogP contribution in [-0.2, 0) is 0 Å². The summed E-state index contributed by atoms with van der Waals surface area (Å²) in [7, 11) is 0. The summed E-state index contributed by atoms with van der Waals surface area (Å²) in [6.45, 7) is 4.78. The zero-order valence-electron chi connectivity index (χ0n) is 12.1. The van der Waals surface area contributed by atoms with E-state index < -0.39 is 0 Å².